The van der Waals surface area contributed by atoms with Gasteiger partial charge in [0.05, 0.1) is 13.6 Å². The molecule has 0 spiro atoms. The first kappa shape index (κ1) is 29.0. The molecule has 0 aliphatic carbocycles. The molecule has 0 aromatic carbocycles. The van der Waals surface area contributed by atoms with Crippen molar-refractivity contribution in [2.75, 3.05) is 5.75 Å². The van der Waals surface area contributed by atoms with Crippen LogP contribution >= 0.6 is 12.6 Å². The van der Waals surface area contributed by atoms with E-state index < -0.39 is 31.1 Å². The van der Waals surface area contributed by atoms with Crippen LogP contribution in [0.1, 0.15) is 38.5 Å². The average Bonchev–Trinajstić information content (AvgIpc) is 2.97. The third-order valence-electron chi connectivity index (χ3n) is 3.43. The van der Waals surface area contributed by atoms with Gasteiger partial charge in [-0.1, -0.05) is 19.3 Å². The molecule has 0 radical (unpaired) electrons. The molecule has 1 rings (SSSR count). The Morgan fingerprint density at radius 2 is 1.30 bits per heavy atom. The van der Waals surface area contributed by atoms with Crippen LogP contribution < -0.4 is 4.57 Å². The van der Waals surface area contributed by atoms with E-state index in [0.29, 0.717) is 0 Å². The first-order valence-electron chi connectivity index (χ1n) is 8.52. The molecular formula is C14H23F6N3O4S3. The zero-order chi connectivity index (χ0) is 23.6. The number of alkyl halides is 6. The Bertz CT molecular complexity index is 794. The summed E-state index contributed by atoms with van der Waals surface area (Å²) in [4.78, 5) is 0. The number of hydrogen-bond acceptors (Lipinski definition) is 5. The molecular weight excluding hydrogens is 484 g/mol. The van der Waals surface area contributed by atoms with E-state index in [1.807, 2.05) is 0 Å². The number of aromatic nitrogens is 2. The Balaban J connectivity index is 0.000000561. The van der Waals surface area contributed by atoms with Crippen molar-refractivity contribution >= 4 is 32.7 Å². The van der Waals surface area contributed by atoms with Crippen LogP contribution in [0.3, 0.4) is 0 Å². The van der Waals surface area contributed by atoms with E-state index in [9.17, 15) is 43.2 Å². The van der Waals surface area contributed by atoms with Gasteiger partial charge in [0.15, 0.2) is 20.0 Å². The monoisotopic (exact) mass is 507 g/mol. The van der Waals surface area contributed by atoms with Crippen molar-refractivity contribution in [2.45, 2.75) is 56.1 Å². The summed E-state index contributed by atoms with van der Waals surface area (Å²) in [5, 5.41) is 0. The van der Waals surface area contributed by atoms with Crippen molar-refractivity contribution in [2.24, 2.45) is 7.05 Å². The normalized spacial score (nSPS) is 13.1. The van der Waals surface area contributed by atoms with E-state index in [1.165, 1.54) is 38.5 Å². The maximum Gasteiger partial charge on any atom is 0.480 e. The Morgan fingerprint density at radius 1 is 0.867 bits per heavy atom. The van der Waals surface area contributed by atoms with E-state index >= 15 is 0 Å². The molecule has 0 aliphatic heterocycles. The summed E-state index contributed by atoms with van der Waals surface area (Å²) in [6, 6.07) is 0. The number of nitrogens with zero attached hydrogens (tertiary/aromatic N) is 3. The molecule has 1 aromatic heterocycles. The van der Waals surface area contributed by atoms with Gasteiger partial charge in [-0.3, -0.25) is 0 Å². The van der Waals surface area contributed by atoms with Crippen molar-refractivity contribution in [1.82, 2.24) is 4.57 Å². The third kappa shape index (κ3) is 10.9. The number of unbranched alkanes of at least 4 members (excludes halogenated alkanes) is 5. The van der Waals surface area contributed by atoms with Gasteiger partial charge in [-0.2, -0.15) is 39.0 Å². The van der Waals surface area contributed by atoms with Crippen LogP contribution in [0.15, 0.2) is 18.7 Å². The highest BCUT2D eigenvalue weighted by Gasteiger charge is 2.46. The summed E-state index contributed by atoms with van der Waals surface area (Å²) < 4.78 is 114. The summed E-state index contributed by atoms with van der Waals surface area (Å²) in [6.45, 7) is 1.16. The largest absolute Gasteiger partial charge is 0.480 e. The standard InChI is InChI=1S/C12H22N2S.C2F6NO4S2/c1-13-9-10-14(12-13)8-6-4-2-3-5-7-11-15;3-1(4,5)14(10,11)9-15(12,13)2(6,7)8/h9-10,12H,2-8,11H2,1H3;/q;-1/p+1. The number of aryl methyl sites for hydroxylation is 2. The van der Waals surface area contributed by atoms with Gasteiger partial charge in [0.25, 0.3) is 0 Å². The lowest BCUT2D eigenvalue weighted by Gasteiger charge is -2.22. The number of sulfonamides is 2. The van der Waals surface area contributed by atoms with Gasteiger partial charge in [0.1, 0.15) is 12.4 Å². The molecule has 1 aromatic rings. The second-order valence-electron chi connectivity index (χ2n) is 6.08. The lowest BCUT2D eigenvalue weighted by atomic mass is 10.1. The van der Waals surface area contributed by atoms with Gasteiger partial charge in [0, 0.05) is 0 Å². The second kappa shape index (κ2) is 12.1. The number of thiol groups is 1. The van der Waals surface area contributed by atoms with Crippen LogP contribution in [0.2, 0.25) is 0 Å². The van der Waals surface area contributed by atoms with Gasteiger partial charge >= 0.3 is 11.0 Å². The molecule has 0 bridgehead atoms. The van der Waals surface area contributed by atoms with Gasteiger partial charge in [-0.05, 0) is 25.0 Å². The van der Waals surface area contributed by atoms with Gasteiger partial charge in [-0.15, -0.1) is 0 Å². The number of hydrogen-bond donors (Lipinski definition) is 1. The molecule has 0 amide bonds. The van der Waals surface area contributed by atoms with E-state index in [-0.39, 0.29) is 0 Å². The van der Waals surface area contributed by atoms with E-state index in [2.05, 4.69) is 47.5 Å². The molecule has 16 heteroatoms. The summed E-state index contributed by atoms with van der Waals surface area (Å²) in [5.41, 5.74) is -12.4. The van der Waals surface area contributed by atoms with Crippen LogP contribution in [-0.2, 0) is 33.6 Å². The van der Waals surface area contributed by atoms with Gasteiger partial charge in [0.2, 0.25) is 6.33 Å². The summed E-state index contributed by atoms with van der Waals surface area (Å²) in [5.74, 6) is 1.04. The van der Waals surface area contributed by atoms with Crippen LogP contribution in [-0.4, -0.2) is 38.2 Å². The summed E-state index contributed by atoms with van der Waals surface area (Å²) >= 11 is 4.21. The minimum absolute atomic E-state index is 0.778. The quantitative estimate of drug-likeness (QED) is 0.227. The molecule has 0 fully saturated rings. The molecule has 0 N–H and O–H groups in total. The number of halogens is 6. The predicted molar refractivity (Wildman–Crippen MR) is 100 cm³/mol. The van der Waals surface area contributed by atoms with E-state index in [4.69, 9.17) is 0 Å². The highest BCUT2D eigenvalue weighted by Crippen LogP contribution is 2.36. The highest BCUT2D eigenvalue weighted by atomic mass is 32.3. The number of rotatable bonds is 10. The average molecular weight is 508 g/mol. The molecule has 0 aliphatic rings. The first-order chi connectivity index (χ1) is 13.5. The topological polar surface area (TPSA) is 91.2 Å². The first-order valence-corrected chi connectivity index (χ1v) is 12.0. The maximum atomic E-state index is 11.4. The highest BCUT2D eigenvalue weighted by molar-refractivity contribution is 8.13. The zero-order valence-corrected chi connectivity index (χ0v) is 18.4. The fourth-order valence-corrected chi connectivity index (χ4v) is 3.89. The predicted octanol–water partition coefficient (Wildman–Crippen LogP) is 3.64. The smallest absolute Gasteiger partial charge is 0.421 e. The molecule has 0 saturated heterocycles. The summed E-state index contributed by atoms with van der Waals surface area (Å²) in [6.07, 6.45) is 14.4. The van der Waals surface area contributed by atoms with Crippen molar-refractivity contribution in [1.29, 1.82) is 0 Å². The van der Waals surface area contributed by atoms with Gasteiger partial charge < -0.3 is 4.13 Å². The van der Waals surface area contributed by atoms with Crippen molar-refractivity contribution in [3.8, 4) is 0 Å². The Kier molecular flexibility index (Phi) is 11.7. The van der Waals surface area contributed by atoms with Crippen LogP contribution in [0.25, 0.3) is 4.13 Å². The van der Waals surface area contributed by atoms with Crippen LogP contribution in [0, 0.1) is 0 Å². The SMILES string of the molecule is C[n+]1ccn(CCCCCCCCS)c1.O=S(=O)([N-]S(=O)(=O)C(F)(F)F)C(F)(F)F. The zero-order valence-electron chi connectivity index (χ0n) is 15.9. The maximum absolute atomic E-state index is 11.4. The fraction of sp³-hybridized carbons (Fsp3) is 0.786. The third-order valence-corrected chi connectivity index (χ3v) is 6.49. The lowest BCUT2D eigenvalue weighted by Crippen LogP contribution is -2.30. The number of imidazole rings is 1. The molecule has 0 atom stereocenters. The summed E-state index contributed by atoms with van der Waals surface area (Å²) in [7, 11) is -11.4. The molecule has 0 saturated carbocycles. The van der Waals surface area contributed by atoms with Gasteiger partial charge in [-0.25, -0.2) is 26.0 Å². The fourth-order valence-electron chi connectivity index (χ4n) is 1.96. The van der Waals surface area contributed by atoms with Crippen molar-refractivity contribution in [3.63, 3.8) is 0 Å². The van der Waals surface area contributed by atoms with Crippen LogP contribution in [0.5, 0.6) is 0 Å². The molecule has 178 valence electrons. The minimum Gasteiger partial charge on any atom is -0.421 e. The van der Waals surface area contributed by atoms with E-state index in [1.54, 1.807) is 0 Å². The molecule has 30 heavy (non-hydrogen) atoms. The Morgan fingerprint density at radius 3 is 1.67 bits per heavy atom. The lowest BCUT2D eigenvalue weighted by molar-refractivity contribution is -0.671. The Hall–Kier alpha value is -1.00. The van der Waals surface area contributed by atoms with Crippen molar-refractivity contribution < 1.29 is 47.7 Å². The van der Waals surface area contributed by atoms with Crippen LogP contribution in [0.4, 0.5) is 26.3 Å². The molecule has 0 unspecified atom stereocenters. The molecule has 1 heterocycles. The van der Waals surface area contributed by atoms with E-state index in [0.717, 1.165) is 16.4 Å². The Labute approximate surface area is 177 Å². The second-order valence-corrected chi connectivity index (χ2v) is 9.95. The minimum atomic E-state index is -6.72. The molecule has 7 nitrogen and oxygen atoms in total. The van der Waals surface area contributed by atoms with Crippen molar-refractivity contribution in [3.05, 3.63) is 22.8 Å².